The summed E-state index contributed by atoms with van der Waals surface area (Å²) in [6, 6.07) is 14.3. The average Bonchev–Trinajstić information content (AvgIpc) is 2.59. The van der Waals surface area contributed by atoms with Gasteiger partial charge in [0.1, 0.15) is 29.6 Å². The molecule has 0 saturated carbocycles. The average molecular weight is 313 g/mol. The van der Waals surface area contributed by atoms with Crippen LogP contribution in [0.1, 0.15) is 19.3 Å². The van der Waals surface area contributed by atoms with Crippen LogP contribution in [0.15, 0.2) is 48.5 Å². The molecule has 0 bridgehead atoms. The van der Waals surface area contributed by atoms with Crippen LogP contribution in [0.4, 0.5) is 0 Å². The summed E-state index contributed by atoms with van der Waals surface area (Å²) < 4.78 is 11.5. The number of piperidine rings is 1. The first-order valence-corrected chi connectivity index (χ1v) is 8.22. The molecule has 122 valence electrons. The first kappa shape index (κ1) is 15.7. The minimum atomic E-state index is 0.231. The quantitative estimate of drug-likeness (QED) is 0.873. The molecule has 0 spiro atoms. The van der Waals surface area contributed by atoms with Crippen LogP contribution in [0.3, 0.4) is 0 Å². The predicted octanol–water partition coefficient (Wildman–Crippen LogP) is 4.05. The van der Waals surface area contributed by atoms with E-state index in [1.54, 1.807) is 24.3 Å². The Morgan fingerprint density at radius 3 is 2.00 bits per heavy atom. The smallest absolute Gasteiger partial charge is 0.127 e. The molecule has 0 aromatic heterocycles. The molecule has 0 atom stereocenters. The zero-order valence-corrected chi connectivity index (χ0v) is 13.3. The minimum Gasteiger partial charge on any atom is -0.508 e. The number of hydrogen-bond donors (Lipinski definition) is 1. The molecule has 1 aliphatic heterocycles. The number of aromatic hydroxyl groups is 1. The Labute approximate surface area is 137 Å². The molecule has 0 amide bonds. The topological polar surface area (TPSA) is 41.9 Å². The molecule has 4 nitrogen and oxygen atoms in total. The zero-order chi connectivity index (χ0) is 15.9. The highest BCUT2D eigenvalue weighted by Crippen LogP contribution is 2.25. The Morgan fingerprint density at radius 1 is 0.783 bits per heavy atom. The third-order valence-electron chi connectivity index (χ3n) is 4.02. The minimum absolute atomic E-state index is 0.231. The monoisotopic (exact) mass is 313 g/mol. The van der Waals surface area contributed by atoms with Gasteiger partial charge in [-0.15, -0.1) is 0 Å². The van der Waals surface area contributed by atoms with Crippen molar-refractivity contribution < 1.29 is 14.6 Å². The highest BCUT2D eigenvalue weighted by atomic mass is 16.5. The maximum atomic E-state index is 9.26. The van der Waals surface area contributed by atoms with Gasteiger partial charge in [-0.05, 0) is 74.5 Å². The Balaban J connectivity index is 1.45. The first-order chi connectivity index (χ1) is 11.3. The van der Waals surface area contributed by atoms with E-state index in [9.17, 15) is 5.11 Å². The van der Waals surface area contributed by atoms with Gasteiger partial charge in [-0.2, -0.15) is 0 Å². The van der Waals surface area contributed by atoms with Crippen molar-refractivity contribution in [1.82, 2.24) is 4.90 Å². The summed E-state index contributed by atoms with van der Waals surface area (Å²) in [6.07, 6.45) is 3.98. The Hall–Kier alpha value is -2.20. The van der Waals surface area contributed by atoms with E-state index in [1.807, 2.05) is 24.3 Å². The second-order valence-electron chi connectivity index (χ2n) is 5.82. The molecular weight excluding hydrogens is 290 g/mol. The summed E-state index contributed by atoms with van der Waals surface area (Å²) in [5.74, 6) is 2.54. The molecule has 3 rings (SSSR count). The van der Waals surface area contributed by atoms with Gasteiger partial charge < -0.3 is 14.6 Å². The van der Waals surface area contributed by atoms with E-state index in [4.69, 9.17) is 9.47 Å². The Kier molecular flexibility index (Phi) is 5.37. The highest BCUT2D eigenvalue weighted by Gasteiger charge is 2.09. The van der Waals surface area contributed by atoms with Crippen molar-refractivity contribution in [3.63, 3.8) is 0 Å². The van der Waals surface area contributed by atoms with E-state index in [-0.39, 0.29) is 5.75 Å². The molecule has 1 N–H and O–H groups in total. The molecule has 1 heterocycles. The van der Waals surface area contributed by atoms with Gasteiger partial charge in [0, 0.05) is 6.54 Å². The van der Waals surface area contributed by atoms with Gasteiger partial charge in [0.15, 0.2) is 0 Å². The van der Waals surface area contributed by atoms with Crippen molar-refractivity contribution in [3.05, 3.63) is 48.5 Å². The van der Waals surface area contributed by atoms with E-state index in [0.717, 1.165) is 24.7 Å². The van der Waals surface area contributed by atoms with Gasteiger partial charge in [0.25, 0.3) is 0 Å². The van der Waals surface area contributed by atoms with E-state index in [1.165, 1.54) is 32.4 Å². The van der Waals surface area contributed by atoms with Crippen molar-refractivity contribution in [2.45, 2.75) is 19.3 Å². The molecule has 4 heteroatoms. The standard InChI is InChI=1S/C19H23NO3/c21-16-4-6-18(7-5-16)23-19-10-8-17(9-11-19)22-15-14-20-12-2-1-3-13-20/h4-11,21H,1-3,12-15H2. The fourth-order valence-electron chi connectivity index (χ4n) is 2.73. The molecule has 0 aliphatic carbocycles. The second kappa shape index (κ2) is 7.88. The lowest BCUT2D eigenvalue weighted by Gasteiger charge is -2.26. The summed E-state index contributed by atoms with van der Waals surface area (Å²) in [4.78, 5) is 2.46. The first-order valence-electron chi connectivity index (χ1n) is 8.22. The van der Waals surface area contributed by atoms with Crippen LogP contribution in [-0.2, 0) is 0 Å². The maximum Gasteiger partial charge on any atom is 0.127 e. The van der Waals surface area contributed by atoms with Crippen molar-refractivity contribution in [3.8, 4) is 23.0 Å². The highest BCUT2D eigenvalue weighted by molar-refractivity contribution is 5.37. The van der Waals surface area contributed by atoms with Crippen molar-refractivity contribution in [2.24, 2.45) is 0 Å². The van der Waals surface area contributed by atoms with E-state index < -0.39 is 0 Å². The van der Waals surface area contributed by atoms with Crippen LogP contribution >= 0.6 is 0 Å². The maximum absolute atomic E-state index is 9.26. The molecule has 2 aromatic rings. The molecule has 1 aliphatic rings. The fourth-order valence-corrected chi connectivity index (χ4v) is 2.73. The van der Waals surface area contributed by atoms with Crippen LogP contribution in [0.5, 0.6) is 23.0 Å². The molecule has 2 aromatic carbocycles. The summed E-state index contributed by atoms with van der Waals surface area (Å²) >= 11 is 0. The van der Waals surface area contributed by atoms with Gasteiger partial charge in [-0.25, -0.2) is 0 Å². The largest absolute Gasteiger partial charge is 0.508 e. The summed E-state index contributed by atoms with van der Waals surface area (Å²) in [5.41, 5.74) is 0. The summed E-state index contributed by atoms with van der Waals surface area (Å²) in [7, 11) is 0. The normalized spacial score (nSPS) is 15.3. The number of ether oxygens (including phenoxy) is 2. The lowest BCUT2D eigenvalue weighted by molar-refractivity contribution is 0.183. The van der Waals surface area contributed by atoms with Crippen LogP contribution in [-0.4, -0.2) is 36.2 Å². The summed E-state index contributed by atoms with van der Waals surface area (Å²) in [6.45, 7) is 4.11. The van der Waals surface area contributed by atoms with Crippen LogP contribution in [0, 0.1) is 0 Å². The van der Waals surface area contributed by atoms with E-state index in [0.29, 0.717) is 5.75 Å². The Bertz CT molecular complexity index is 589. The molecule has 0 radical (unpaired) electrons. The van der Waals surface area contributed by atoms with E-state index >= 15 is 0 Å². The molecule has 1 saturated heterocycles. The number of hydrogen-bond acceptors (Lipinski definition) is 4. The van der Waals surface area contributed by atoms with Crippen molar-refractivity contribution in [2.75, 3.05) is 26.2 Å². The number of rotatable bonds is 6. The lowest BCUT2D eigenvalue weighted by Crippen LogP contribution is -2.33. The Morgan fingerprint density at radius 2 is 1.35 bits per heavy atom. The van der Waals surface area contributed by atoms with Gasteiger partial charge in [-0.3, -0.25) is 4.90 Å². The third kappa shape index (κ3) is 4.89. The number of nitrogens with zero attached hydrogens (tertiary/aromatic N) is 1. The number of phenols is 1. The number of likely N-dealkylation sites (tertiary alicyclic amines) is 1. The molecule has 1 fully saturated rings. The molecule has 23 heavy (non-hydrogen) atoms. The SMILES string of the molecule is Oc1ccc(Oc2ccc(OCCN3CCCCC3)cc2)cc1. The zero-order valence-electron chi connectivity index (χ0n) is 13.3. The van der Waals surface area contributed by atoms with Crippen LogP contribution in [0.25, 0.3) is 0 Å². The second-order valence-corrected chi connectivity index (χ2v) is 5.82. The van der Waals surface area contributed by atoms with Gasteiger partial charge >= 0.3 is 0 Å². The number of benzene rings is 2. The van der Waals surface area contributed by atoms with Gasteiger partial charge in [-0.1, -0.05) is 6.42 Å². The molecule has 0 unspecified atom stereocenters. The predicted molar refractivity (Wildman–Crippen MR) is 90.4 cm³/mol. The lowest BCUT2D eigenvalue weighted by atomic mass is 10.1. The molecular formula is C19H23NO3. The fraction of sp³-hybridized carbons (Fsp3) is 0.368. The van der Waals surface area contributed by atoms with Gasteiger partial charge in [0.2, 0.25) is 0 Å². The van der Waals surface area contributed by atoms with Gasteiger partial charge in [0.05, 0.1) is 0 Å². The van der Waals surface area contributed by atoms with Crippen LogP contribution in [0.2, 0.25) is 0 Å². The third-order valence-corrected chi connectivity index (χ3v) is 4.02. The van der Waals surface area contributed by atoms with Crippen LogP contribution < -0.4 is 9.47 Å². The summed E-state index contributed by atoms with van der Waals surface area (Å²) in [5, 5.41) is 9.26. The van der Waals surface area contributed by atoms with Crippen molar-refractivity contribution in [1.29, 1.82) is 0 Å². The van der Waals surface area contributed by atoms with Crippen molar-refractivity contribution >= 4 is 0 Å². The van der Waals surface area contributed by atoms with E-state index in [2.05, 4.69) is 4.90 Å². The number of phenolic OH excluding ortho intramolecular Hbond substituents is 1.